The van der Waals surface area contributed by atoms with E-state index in [0.29, 0.717) is 5.41 Å². The van der Waals surface area contributed by atoms with Crippen molar-refractivity contribution in [1.82, 2.24) is 5.32 Å². The predicted molar refractivity (Wildman–Crippen MR) is 62.4 cm³/mol. The molecule has 4 N–H and O–H groups in total. The van der Waals surface area contributed by atoms with Gasteiger partial charge < -0.3 is 11.1 Å². The monoisotopic (exact) mass is 199 g/mol. The van der Waals surface area contributed by atoms with Gasteiger partial charge >= 0.3 is 0 Å². The molecule has 0 aromatic rings. The average molecular weight is 199 g/mol. The summed E-state index contributed by atoms with van der Waals surface area (Å²) in [6, 6.07) is 0. The summed E-state index contributed by atoms with van der Waals surface area (Å²) < 4.78 is 0. The Kier molecular flexibility index (Phi) is 4.43. The summed E-state index contributed by atoms with van der Waals surface area (Å²) in [6.45, 7) is 10.9. The maximum Gasteiger partial charge on any atom is 0.186 e. The fourth-order valence-corrected chi connectivity index (χ4v) is 1.98. The molecule has 84 valence electrons. The topological polar surface area (TPSA) is 61.9 Å². The Hall–Kier alpha value is -0.730. The van der Waals surface area contributed by atoms with Crippen LogP contribution in [0.3, 0.4) is 0 Å². The minimum atomic E-state index is -0.0907. The summed E-state index contributed by atoms with van der Waals surface area (Å²) in [5.41, 5.74) is 5.60. The van der Waals surface area contributed by atoms with Crippen LogP contribution in [0.15, 0.2) is 0 Å². The van der Waals surface area contributed by atoms with Gasteiger partial charge in [-0.25, -0.2) is 0 Å². The standard InChI is InChI=1S/C11H25N3/c1-6-11(5,7-2)8-10(3,4)14-9(12)13/h6-8H2,1-5H3,(H4,12,13,14). The normalized spacial score (nSPS) is 12.6. The number of nitrogens with one attached hydrogen (secondary N) is 2. The molecule has 0 heterocycles. The molecule has 3 heteroatoms. The van der Waals surface area contributed by atoms with E-state index in [1.807, 2.05) is 0 Å². The van der Waals surface area contributed by atoms with Crippen molar-refractivity contribution in [3.8, 4) is 0 Å². The van der Waals surface area contributed by atoms with Crippen LogP contribution in [0.5, 0.6) is 0 Å². The lowest BCUT2D eigenvalue weighted by molar-refractivity contribution is 0.203. The van der Waals surface area contributed by atoms with Gasteiger partial charge in [0.2, 0.25) is 0 Å². The lowest BCUT2D eigenvalue weighted by Gasteiger charge is -2.37. The van der Waals surface area contributed by atoms with Crippen molar-refractivity contribution < 1.29 is 0 Å². The Bertz CT molecular complexity index is 193. The van der Waals surface area contributed by atoms with Crippen molar-refractivity contribution in [3.63, 3.8) is 0 Å². The molecule has 0 atom stereocenters. The van der Waals surface area contributed by atoms with Crippen LogP contribution < -0.4 is 11.1 Å². The molecule has 0 fully saturated rings. The van der Waals surface area contributed by atoms with Crippen molar-refractivity contribution >= 4 is 5.96 Å². The van der Waals surface area contributed by atoms with Gasteiger partial charge in [0.15, 0.2) is 5.96 Å². The second kappa shape index (κ2) is 4.67. The van der Waals surface area contributed by atoms with E-state index in [2.05, 4.69) is 39.9 Å². The first-order chi connectivity index (χ1) is 6.24. The minimum absolute atomic E-state index is 0.0598. The van der Waals surface area contributed by atoms with E-state index in [1.165, 1.54) is 0 Å². The van der Waals surface area contributed by atoms with Crippen molar-refractivity contribution in [3.05, 3.63) is 0 Å². The molecule has 0 aliphatic rings. The zero-order valence-electron chi connectivity index (χ0n) is 10.2. The van der Waals surface area contributed by atoms with Crippen LogP contribution in [-0.2, 0) is 0 Å². The summed E-state index contributed by atoms with van der Waals surface area (Å²) in [5, 5.41) is 10.2. The van der Waals surface area contributed by atoms with Gasteiger partial charge in [0.25, 0.3) is 0 Å². The van der Waals surface area contributed by atoms with Gasteiger partial charge in [0.1, 0.15) is 0 Å². The Morgan fingerprint density at radius 3 is 1.93 bits per heavy atom. The molecule has 0 unspecified atom stereocenters. The number of rotatable bonds is 5. The zero-order chi connectivity index (χ0) is 11.4. The zero-order valence-corrected chi connectivity index (χ0v) is 10.2. The molecule has 0 saturated heterocycles. The van der Waals surface area contributed by atoms with E-state index < -0.39 is 0 Å². The summed E-state index contributed by atoms with van der Waals surface area (Å²) in [5.74, 6) is 0.0598. The van der Waals surface area contributed by atoms with Gasteiger partial charge in [-0.15, -0.1) is 0 Å². The third-order valence-electron chi connectivity index (χ3n) is 3.05. The maximum atomic E-state index is 7.24. The van der Waals surface area contributed by atoms with E-state index in [0.717, 1.165) is 19.3 Å². The van der Waals surface area contributed by atoms with E-state index in [1.54, 1.807) is 0 Å². The summed E-state index contributed by atoms with van der Waals surface area (Å²) in [4.78, 5) is 0. The lowest BCUT2D eigenvalue weighted by atomic mass is 9.75. The Labute approximate surface area is 88.0 Å². The first kappa shape index (κ1) is 13.3. The molecule has 0 spiro atoms. The maximum absolute atomic E-state index is 7.24. The highest BCUT2D eigenvalue weighted by atomic mass is 15.1. The molecule has 0 saturated carbocycles. The average Bonchev–Trinajstić information content (AvgIpc) is 2.01. The van der Waals surface area contributed by atoms with Gasteiger partial charge in [-0.05, 0) is 25.7 Å². The van der Waals surface area contributed by atoms with E-state index >= 15 is 0 Å². The SMILES string of the molecule is CCC(C)(CC)CC(C)(C)NC(=N)N. The fraction of sp³-hybridized carbons (Fsp3) is 0.909. The van der Waals surface area contributed by atoms with Crippen molar-refractivity contribution in [2.75, 3.05) is 0 Å². The largest absolute Gasteiger partial charge is 0.370 e. The Morgan fingerprint density at radius 1 is 1.21 bits per heavy atom. The lowest BCUT2D eigenvalue weighted by Crippen LogP contribution is -2.49. The molecule has 0 bridgehead atoms. The van der Waals surface area contributed by atoms with Crippen LogP contribution in [-0.4, -0.2) is 11.5 Å². The predicted octanol–water partition coefficient (Wildman–Crippen LogP) is 2.46. The van der Waals surface area contributed by atoms with Crippen LogP contribution in [0.4, 0.5) is 0 Å². The third kappa shape index (κ3) is 4.49. The van der Waals surface area contributed by atoms with Crippen molar-refractivity contribution in [1.29, 1.82) is 5.41 Å². The van der Waals surface area contributed by atoms with Crippen LogP contribution >= 0.6 is 0 Å². The van der Waals surface area contributed by atoms with Gasteiger partial charge in [-0.3, -0.25) is 5.41 Å². The van der Waals surface area contributed by atoms with E-state index in [4.69, 9.17) is 11.1 Å². The third-order valence-corrected chi connectivity index (χ3v) is 3.05. The second-order valence-electron chi connectivity index (χ2n) is 5.12. The quantitative estimate of drug-likeness (QED) is 0.470. The Morgan fingerprint density at radius 2 is 1.64 bits per heavy atom. The van der Waals surface area contributed by atoms with Gasteiger partial charge in [-0.2, -0.15) is 0 Å². The van der Waals surface area contributed by atoms with Gasteiger partial charge in [0, 0.05) is 5.54 Å². The molecule has 0 aliphatic carbocycles. The number of hydrogen-bond donors (Lipinski definition) is 3. The smallest absolute Gasteiger partial charge is 0.186 e. The number of nitrogens with two attached hydrogens (primary N) is 1. The molecule has 3 nitrogen and oxygen atoms in total. The second-order valence-corrected chi connectivity index (χ2v) is 5.12. The van der Waals surface area contributed by atoms with Crippen LogP contribution in [0.2, 0.25) is 0 Å². The number of hydrogen-bond acceptors (Lipinski definition) is 1. The minimum Gasteiger partial charge on any atom is -0.370 e. The molecule has 0 aliphatic heterocycles. The van der Waals surface area contributed by atoms with Gasteiger partial charge in [-0.1, -0.05) is 33.6 Å². The molecule has 0 aromatic heterocycles. The molecular formula is C11H25N3. The highest BCUT2D eigenvalue weighted by molar-refractivity contribution is 5.75. The first-order valence-electron chi connectivity index (χ1n) is 5.37. The summed E-state index contributed by atoms with van der Waals surface area (Å²) in [7, 11) is 0. The van der Waals surface area contributed by atoms with Gasteiger partial charge in [0.05, 0.1) is 0 Å². The molecule has 14 heavy (non-hydrogen) atoms. The molecule has 0 radical (unpaired) electrons. The van der Waals surface area contributed by atoms with E-state index in [9.17, 15) is 0 Å². The van der Waals surface area contributed by atoms with Crippen molar-refractivity contribution in [2.24, 2.45) is 11.1 Å². The van der Waals surface area contributed by atoms with Crippen LogP contribution in [0, 0.1) is 10.8 Å². The summed E-state index contributed by atoms with van der Waals surface area (Å²) in [6.07, 6.45) is 3.35. The highest BCUT2D eigenvalue weighted by Gasteiger charge is 2.29. The summed E-state index contributed by atoms with van der Waals surface area (Å²) >= 11 is 0. The van der Waals surface area contributed by atoms with Crippen molar-refractivity contribution in [2.45, 2.75) is 59.4 Å². The first-order valence-corrected chi connectivity index (χ1v) is 5.37. The Balaban J connectivity index is 4.39. The molecule has 0 rings (SSSR count). The fourth-order valence-electron chi connectivity index (χ4n) is 1.98. The molecule has 0 amide bonds. The van der Waals surface area contributed by atoms with Crippen LogP contribution in [0.1, 0.15) is 53.9 Å². The van der Waals surface area contributed by atoms with E-state index in [-0.39, 0.29) is 11.5 Å². The van der Waals surface area contributed by atoms with Crippen LogP contribution in [0.25, 0.3) is 0 Å². The highest BCUT2D eigenvalue weighted by Crippen LogP contribution is 2.34. The number of guanidine groups is 1. The molecular weight excluding hydrogens is 174 g/mol. The molecule has 0 aromatic carbocycles.